The van der Waals surface area contributed by atoms with Gasteiger partial charge >= 0.3 is 6.03 Å². The monoisotopic (exact) mass is 264 g/mol. The molecule has 0 bridgehead atoms. The second-order valence-electron chi connectivity index (χ2n) is 4.68. The molecule has 0 spiro atoms. The molecule has 0 saturated heterocycles. The lowest BCUT2D eigenvalue weighted by Gasteiger charge is -2.08. The maximum Gasteiger partial charge on any atom is 0.343 e. The minimum absolute atomic E-state index is 0.336. The van der Waals surface area contributed by atoms with Gasteiger partial charge in [0.15, 0.2) is 0 Å². The molecule has 0 saturated carbocycles. The molecule has 0 aromatic heterocycles. The largest absolute Gasteiger partial charge is 0.343 e. The van der Waals surface area contributed by atoms with Crippen molar-refractivity contribution in [1.29, 1.82) is 0 Å². The van der Waals surface area contributed by atoms with Gasteiger partial charge in [0.1, 0.15) is 0 Å². The van der Waals surface area contributed by atoms with Crippen LogP contribution < -0.4 is 10.8 Å². The molecule has 106 valence electrons. The minimum atomic E-state index is -0.336. The van der Waals surface area contributed by atoms with Crippen molar-refractivity contribution in [3.63, 3.8) is 0 Å². The van der Waals surface area contributed by atoms with Crippen LogP contribution in [-0.4, -0.2) is 12.6 Å². The van der Waals surface area contributed by atoms with Crippen LogP contribution in [0.3, 0.4) is 0 Å². The highest BCUT2D eigenvalue weighted by molar-refractivity contribution is 5.88. The number of nitrogens with one attached hydrogen (secondary N) is 2. The van der Waals surface area contributed by atoms with Crippen molar-refractivity contribution in [1.82, 2.24) is 5.48 Å². The predicted octanol–water partition coefficient (Wildman–Crippen LogP) is 4.02. The molecule has 2 amide bonds. The van der Waals surface area contributed by atoms with Crippen LogP contribution in [0.1, 0.15) is 44.6 Å². The summed E-state index contributed by atoms with van der Waals surface area (Å²) >= 11 is 0. The average molecular weight is 264 g/mol. The first-order valence-electron chi connectivity index (χ1n) is 6.98. The van der Waals surface area contributed by atoms with Crippen LogP contribution in [0.2, 0.25) is 0 Å². The molecule has 0 fully saturated rings. The van der Waals surface area contributed by atoms with Crippen molar-refractivity contribution >= 4 is 11.7 Å². The van der Waals surface area contributed by atoms with Crippen LogP contribution in [0.25, 0.3) is 0 Å². The summed E-state index contributed by atoms with van der Waals surface area (Å²) in [6, 6.07) is 7.28. The standard InChI is InChI=1S/C15H24N2O2/c1-3-4-5-6-7-12-19-17-15(18)16-14-10-8-13(2)9-11-14/h8-11H,3-7,12H2,1-2H3,(H2,16,17,18). The summed E-state index contributed by atoms with van der Waals surface area (Å²) in [5.41, 5.74) is 4.31. The first-order valence-corrected chi connectivity index (χ1v) is 6.98. The summed E-state index contributed by atoms with van der Waals surface area (Å²) in [6.45, 7) is 4.75. The van der Waals surface area contributed by atoms with E-state index < -0.39 is 0 Å². The summed E-state index contributed by atoms with van der Waals surface area (Å²) in [6.07, 6.45) is 5.86. The normalized spacial score (nSPS) is 10.2. The Kier molecular flexibility index (Phi) is 7.66. The highest BCUT2D eigenvalue weighted by atomic mass is 16.7. The zero-order chi connectivity index (χ0) is 13.9. The summed E-state index contributed by atoms with van der Waals surface area (Å²) < 4.78 is 0. The Balaban J connectivity index is 2.06. The number of carbonyl (C=O) groups excluding carboxylic acids is 1. The third kappa shape index (κ3) is 7.47. The maximum atomic E-state index is 11.5. The number of carbonyl (C=O) groups is 1. The van der Waals surface area contributed by atoms with Gasteiger partial charge in [0.05, 0.1) is 6.61 Å². The summed E-state index contributed by atoms with van der Waals surface area (Å²) in [5, 5.41) is 2.71. The molecule has 0 heterocycles. The van der Waals surface area contributed by atoms with Crippen LogP contribution >= 0.6 is 0 Å². The molecule has 0 unspecified atom stereocenters. The zero-order valence-corrected chi connectivity index (χ0v) is 11.9. The minimum Gasteiger partial charge on any atom is -0.306 e. The van der Waals surface area contributed by atoms with Gasteiger partial charge in [0.2, 0.25) is 0 Å². The number of aryl methyl sites for hydroxylation is 1. The van der Waals surface area contributed by atoms with E-state index in [4.69, 9.17) is 4.84 Å². The van der Waals surface area contributed by atoms with E-state index in [0.717, 1.165) is 24.1 Å². The number of hydrogen-bond acceptors (Lipinski definition) is 2. The molecule has 2 N–H and O–H groups in total. The van der Waals surface area contributed by atoms with E-state index in [1.807, 2.05) is 31.2 Å². The molecule has 4 heteroatoms. The highest BCUT2D eigenvalue weighted by Crippen LogP contribution is 2.08. The molecule has 0 aliphatic rings. The number of unbranched alkanes of at least 4 members (excludes halogenated alkanes) is 4. The van der Waals surface area contributed by atoms with E-state index in [1.165, 1.54) is 19.3 Å². The molecule has 1 rings (SSSR count). The van der Waals surface area contributed by atoms with E-state index in [0.29, 0.717) is 6.61 Å². The zero-order valence-electron chi connectivity index (χ0n) is 11.9. The number of hydrogen-bond donors (Lipinski definition) is 2. The van der Waals surface area contributed by atoms with E-state index in [9.17, 15) is 4.79 Å². The predicted molar refractivity (Wildman–Crippen MR) is 78.0 cm³/mol. The van der Waals surface area contributed by atoms with E-state index in [2.05, 4.69) is 17.7 Å². The van der Waals surface area contributed by atoms with Gasteiger partial charge in [0.25, 0.3) is 0 Å². The lowest BCUT2D eigenvalue weighted by atomic mass is 10.2. The highest BCUT2D eigenvalue weighted by Gasteiger charge is 2.00. The van der Waals surface area contributed by atoms with E-state index in [-0.39, 0.29) is 6.03 Å². The maximum absolute atomic E-state index is 11.5. The molecule has 19 heavy (non-hydrogen) atoms. The fourth-order valence-corrected chi connectivity index (χ4v) is 1.69. The second-order valence-corrected chi connectivity index (χ2v) is 4.68. The number of hydroxylamine groups is 1. The van der Waals surface area contributed by atoms with E-state index in [1.54, 1.807) is 0 Å². The number of amides is 2. The first-order chi connectivity index (χ1) is 9.22. The molecule has 1 aromatic carbocycles. The number of benzene rings is 1. The van der Waals surface area contributed by atoms with Gasteiger partial charge in [-0.15, -0.1) is 0 Å². The number of anilines is 1. The van der Waals surface area contributed by atoms with Crippen LogP contribution in [-0.2, 0) is 4.84 Å². The molecular weight excluding hydrogens is 240 g/mol. The third-order valence-electron chi connectivity index (χ3n) is 2.82. The van der Waals surface area contributed by atoms with Gasteiger partial charge in [-0.05, 0) is 25.5 Å². The van der Waals surface area contributed by atoms with Gasteiger partial charge in [-0.3, -0.25) is 4.84 Å². The van der Waals surface area contributed by atoms with Crippen molar-refractivity contribution in [3.8, 4) is 0 Å². The molecular formula is C15H24N2O2. The summed E-state index contributed by atoms with van der Waals surface area (Å²) in [4.78, 5) is 16.6. The van der Waals surface area contributed by atoms with Gasteiger partial charge in [0, 0.05) is 5.69 Å². The number of rotatable bonds is 8. The molecule has 0 atom stereocenters. The quantitative estimate of drug-likeness (QED) is 0.550. The Labute approximate surface area is 115 Å². The Morgan fingerprint density at radius 3 is 2.47 bits per heavy atom. The van der Waals surface area contributed by atoms with Crippen molar-refractivity contribution in [3.05, 3.63) is 29.8 Å². The lowest BCUT2D eigenvalue weighted by molar-refractivity contribution is 0.0631. The Morgan fingerprint density at radius 1 is 1.11 bits per heavy atom. The Hall–Kier alpha value is -1.55. The van der Waals surface area contributed by atoms with Crippen molar-refractivity contribution in [2.24, 2.45) is 0 Å². The Morgan fingerprint density at radius 2 is 1.79 bits per heavy atom. The van der Waals surface area contributed by atoms with Gasteiger partial charge in [-0.2, -0.15) is 0 Å². The number of urea groups is 1. The van der Waals surface area contributed by atoms with Crippen molar-refractivity contribution in [2.45, 2.75) is 46.0 Å². The third-order valence-corrected chi connectivity index (χ3v) is 2.82. The fourth-order valence-electron chi connectivity index (χ4n) is 1.69. The molecule has 0 radical (unpaired) electrons. The second kappa shape index (κ2) is 9.39. The van der Waals surface area contributed by atoms with Gasteiger partial charge < -0.3 is 5.32 Å². The van der Waals surface area contributed by atoms with Gasteiger partial charge in [-0.25, -0.2) is 10.3 Å². The summed E-state index contributed by atoms with van der Waals surface area (Å²) in [7, 11) is 0. The smallest absolute Gasteiger partial charge is 0.306 e. The van der Waals surface area contributed by atoms with Crippen LogP contribution in [0, 0.1) is 6.92 Å². The Bertz CT molecular complexity index is 363. The van der Waals surface area contributed by atoms with Crippen molar-refractivity contribution < 1.29 is 9.63 Å². The topological polar surface area (TPSA) is 50.4 Å². The van der Waals surface area contributed by atoms with Crippen LogP contribution in [0.5, 0.6) is 0 Å². The molecule has 1 aromatic rings. The summed E-state index contributed by atoms with van der Waals surface area (Å²) in [5.74, 6) is 0. The lowest BCUT2D eigenvalue weighted by Crippen LogP contribution is -2.29. The average Bonchev–Trinajstić information content (AvgIpc) is 2.40. The van der Waals surface area contributed by atoms with Crippen LogP contribution in [0.4, 0.5) is 10.5 Å². The van der Waals surface area contributed by atoms with Gasteiger partial charge in [-0.1, -0.05) is 50.3 Å². The van der Waals surface area contributed by atoms with Crippen molar-refractivity contribution in [2.75, 3.05) is 11.9 Å². The van der Waals surface area contributed by atoms with E-state index >= 15 is 0 Å². The molecule has 0 aliphatic heterocycles. The SMILES string of the molecule is CCCCCCCONC(=O)Nc1ccc(C)cc1. The van der Waals surface area contributed by atoms with Crippen LogP contribution in [0.15, 0.2) is 24.3 Å². The first kappa shape index (κ1) is 15.5. The fraction of sp³-hybridized carbons (Fsp3) is 0.533. The molecule has 0 aliphatic carbocycles. The molecule has 4 nitrogen and oxygen atoms in total.